The molecule has 0 atom stereocenters. The molecule has 0 saturated carbocycles. The summed E-state index contributed by atoms with van der Waals surface area (Å²) in [7, 11) is 0. The third kappa shape index (κ3) is 3.23. The first-order valence-electron chi connectivity index (χ1n) is 7.76. The first kappa shape index (κ1) is 15.0. The Labute approximate surface area is 144 Å². The monoisotopic (exact) mass is 333 g/mol. The lowest BCUT2D eigenvalue weighted by molar-refractivity contribution is 0.0955. The highest BCUT2D eigenvalue weighted by Crippen LogP contribution is 2.31. The van der Waals surface area contributed by atoms with Crippen molar-refractivity contribution in [2.24, 2.45) is 5.10 Å². The summed E-state index contributed by atoms with van der Waals surface area (Å²) in [4.78, 5) is 12.1. The molecular formula is C19H15N3O3. The van der Waals surface area contributed by atoms with Crippen molar-refractivity contribution in [2.75, 3.05) is 6.79 Å². The van der Waals surface area contributed by atoms with Crippen LogP contribution in [0.1, 0.15) is 15.9 Å². The molecule has 0 aliphatic carbocycles. The van der Waals surface area contributed by atoms with Crippen LogP contribution < -0.4 is 14.9 Å². The van der Waals surface area contributed by atoms with Gasteiger partial charge in [-0.15, -0.1) is 0 Å². The molecule has 1 aliphatic heterocycles. The zero-order chi connectivity index (χ0) is 17.1. The Morgan fingerprint density at radius 1 is 1.04 bits per heavy atom. The number of aromatic nitrogens is 1. The molecule has 0 radical (unpaired) electrons. The number of amides is 1. The summed E-state index contributed by atoms with van der Waals surface area (Å²) in [6.45, 7) is 0.228. The van der Waals surface area contributed by atoms with Crippen molar-refractivity contribution >= 4 is 12.1 Å². The van der Waals surface area contributed by atoms with Gasteiger partial charge in [0.1, 0.15) is 0 Å². The second kappa shape index (κ2) is 6.52. The van der Waals surface area contributed by atoms with Crippen LogP contribution in [0.3, 0.4) is 0 Å². The molecular weight excluding hydrogens is 318 g/mol. The molecule has 0 saturated heterocycles. The molecule has 4 rings (SSSR count). The van der Waals surface area contributed by atoms with Crippen molar-refractivity contribution in [2.45, 2.75) is 0 Å². The van der Waals surface area contributed by atoms with Crippen molar-refractivity contribution in [1.82, 2.24) is 9.99 Å². The largest absolute Gasteiger partial charge is 0.454 e. The first-order valence-corrected chi connectivity index (χ1v) is 7.76. The molecule has 6 heteroatoms. The number of benzene rings is 2. The Hall–Kier alpha value is -3.54. The minimum absolute atomic E-state index is 0.228. The fraction of sp³-hybridized carbons (Fsp3) is 0.0526. The molecule has 2 heterocycles. The highest BCUT2D eigenvalue weighted by Gasteiger charge is 2.12. The van der Waals surface area contributed by atoms with E-state index < -0.39 is 0 Å². The van der Waals surface area contributed by atoms with Crippen LogP contribution in [0.4, 0.5) is 0 Å². The van der Waals surface area contributed by atoms with Gasteiger partial charge in [-0.05, 0) is 60.2 Å². The fourth-order valence-corrected chi connectivity index (χ4v) is 2.52. The van der Waals surface area contributed by atoms with E-state index in [4.69, 9.17) is 9.47 Å². The van der Waals surface area contributed by atoms with E-state index in [-0.39, 0.29) is 12.7 Å². The van der Waals surface area contributed by atoms with E-state index in [2.05, 4.69) is 10.5 Å². The number of hydrogen-bond acceptors (Lipinski definition) is 4. The molecule has 6 nitrogen and oxygen atoms in total. The van der Waals surface area contributed by atoms with Crippen LogP contribution in [0, 0.1) is 0 Å². The Balaban J connectivity index is 1.40. The Morgan fingerprint density at radius 3 is 2.60 bits per heavy atom. The number of hydrazone groups is 1. The molecule has 1 amide bonds. The van der Waals surface area contributed by atoms with Crippen LogP contribution in [0.25, 0.3) is 5.69 Å². The summed E-state index contributed by atoms with van der Waals surface area (Å²) in [6, 6.07) is 16.7. The number of carbonyl (C=O) groups excluding carboxylic acids is 1. The van der Waals surface area contributed by atoms with Gasteiger partial charge < -0.3 is 14.0 Å². The van der Waals surface area contributed by atoms with Gasteiger partial charge in [0.15, 0.2) is 11.5 Å². The third-order valence-electron chi connectivity index (χ3n) is 3.81. The van der Waals surface area contributed by atoms with Gasteiger partial charge in [0.25, 0.3) is 5.91 Å². The summed E-state index contributed by atoms with van der Waals surface area (Å²) in [5.74, 6) is 1.12. The number of fused-ring (bicyclic) bond motifs is 1. The topological polar surface area (TPSA) is 64.8 Å². The highest BCUT2D eigenvalue weighted by molar-refractivity contribution is 5.95. The highest BCUT2D eigenvalue weighted by atomic mass is 16.7. The second-order valence-electron chi connectivity index (χ2n) is 5.45. The molecule has 0 unspecified atom stereocenters. The maximum absolute atomic E-state index is 12.1. The summed E-state index contributed by atoms with van der Waals surface area (Å²) < 4.78 is 12.5. The average molecular weight is 333 g/mol. The van der Waals surface area contributed by atoms with Crippen LogP contribution in [-0.4, -0.2) is 23.5 Å². The first-order chi connectivity index (χ1) is 12.3. The fourth-order valence-electron chi connectivity index (χ4n) is 2.52. The maximum Gasteiger partial charge on any atom is 0.271 e. The second-order valence-corrected chi connectivity index (χ2v) is 5.45. The van der Waals surface area contributed by atoms with E-state index in [1.807, 2.05) is 59.4 Å². The molecule has 1 aromatic heterocycles. The van der Waals surface area contributed by atoms with Crippen LogP contribution in [0.5, 0.6) is 11.5 Å². The standard InChI is InChI=1S/C19H15N3O3/c23-19(15-4-6-16(7-5-15)22-9-1-2-10-22)21-20-12-14-3-8-17-18(11-14)25-13-24-17/h1-12H,13H2,(H,21,23)/b20-12+. The molecule has 1 aliphatic rings. The van der Waals surface area contributed by atoms with Crippen LogP contribution in [0.2, 0.25) is 0 Å². The SMILES string of the molecule is O=C(N/N=C/c1ccc2c(c1)OCO2)c1ccc(-n2cccc2)cc1. The van der Waals surface area contributed by atoms with Crippen molar-refractivity contribution in [3.8, 4) is 17.2 Å². The molecule has 0 spiro atoms. The Kier molecular flexibility index (Phi) is 3.92. The van der Waals surface area contributed by atoms with E-state index in [0.29, 0.717) is 17.1 Å². The number of rotatable bonds is 4. The molecule has 25 heavy (non-hydrogen) atoms. The van der Waals surface area contributed by atoms with E-state index in [9.17, 15) is 4.79 Å². The van der Waals surface area contributed by atoms with Gasteiger partial charge in [0.2, 0.25) is 6.79 Å². The molecule has 2 aromatic carbocycles. The minimum atomic E-state index is -0.268. The minimum Gasteiger partial charge on any atom is -0.454 e. The molecule has 124 valence electrons. The number of nitrogens with one attached hydrogen (secondary N) is 1. The predicted octanol–water partition coefficient (Wildman–Crippen LogP) is 2.97. The van der Waals surface area contributed by atoms with Crippen LogP contribution in [0.15, 0.2) is 72.1 Å². The lowest BCUT2D eigenvalue weighted by Gasteiger charge is -2.04. The Bertz CT molecular complexity index is 916. The van der Waals surface area contributed by atoms with Crippen molar-refractivity contribution in [3.05, 3.63) is 78.1 Å². The van der Waals surface area contributed by atoms with Gasteiger partial charge >= 0.3 is 0 Å². The zero-order valence-electron chi connectivity index (χ0n) is 13.3. The zero-order valence-corrected chi connectivity index (χ0v) is 13.3. The molecule has 3 aromatic rings. The number of hydrogen-bond donors (Lipinski definition) is 1. The predicted molar refractivity (Wildman–Crippen MR) is 93.4 cm³/mol. The van der Waals surface area contributed by atoms with Gasteiger partial charge in [0.05, 0.1) is 6.21 Å². The summed E-state index contributed by atoms with van der Waals surface area (Å²) in [6.07, 6.45) is 5.46. The van der Waals surface area contributed by atoms with E-state index >= 15 is 0 Å². The Morgan fingerprint density at radius 2 is 1.80 bits per heavy atom. The van der Waals surface area contributed by atoms with E-state index in [1.165, 1.54) is 0 Å². The average Bonchev–Trinajstić information content (AvgIpc) is 3.33. The number of ether oxygens (including phenoxy) is 2. The normalized spacial score (nSPS) is 12.5. The summed E-state index contributed by atoms with van der Waals surface area (Å²) in [5.41, 5.74) is 4.87. The van der Waals surface area contributed by atoms with E-state index in [0.717, 1.165) is 11.3 Å². The van der Waals surface area contributed by atoms with Crippen molar-refractivity contribution in [3.63, 3.8) is 0 Å². The lowest BCUT2D eigenvalue weighted by atomic mass is 10.2. The molecule has 1 N–H and O–H groups in total. The summed E-state index contributed by atoms with van der Waals surface area (Å²) >= 11 is 0. The van der Waals surface area contributed by atoms with Gasteiger partial charge in [-0.1, -0.05) is 0 Å². The van der Waals surface area contributed by atoms with E-state index in [1.54, 1.807) is 18.3 Å². The lowest BCUT2D eigenvalue weighted by Crippen LogP contribution is -2.17. The van der Waals surface area contributed by atoms with Gasteiger partial charge in [0, 0.05) is 23.6 Å². The molecule has 0 fully saturated rings. The van der Waals surface area contributed by atoms with Gasteiger partial charge in [-0.2, -0.15) is 5.10 Å². The smallest absolute Gasteiger partial charge is 0.271 e. The van der Waals surface area contributed by atoms with Crippen molar-refractivity contribution in [1.29, 1.82) is 0 Å². The van der Waals surface area contributed by atoms with Crippen LogP contribution >= 0.6 is 0 Å². The van der Waals surface area contributed by atoms with Gasteiger partial charge in [-0.25, -0.2) is 5.43 Å². The summed E-state index contributed by atoms with van der Waals surface area (Å²) in [5, 5.41) is 3.99. The number of nitrogens with zero attached hydrogens (tertiary/aromatic N) is 2. The maximum atomic E-state index is 12.1. The third-order valence-corrected chi connectivity index (χ3v) is 3.81. The molecule has 0 bridgehead atoms. The van der Waals surface area contributed by atoms with Crippen molar-refractivity contribution < 1.29 is 14.3 Å². The number of carbonyl (C=O) groups is 1. The van der Waals surface area contributed by atoms with Gasteiger partial charge in [-0.3, -0.25) is 4.79 Å². The van der Waals surface area contributed by atoms with Crippen LogP contribution in [-0.2, 0) is 0 Å². The quantitative estimate of drug-likeness (QED) is 0.590.